The van der Waals surface area contributed by atoms with E-state index in [4.69, 9.17) is 5.11 Å². The molecule has 0 amide bonds. The van der Waals surface area contributed by atoms with Crippen LogP contribution in [0.4, 0.5) is 5.69 Å². The van der Waals surface area contributed by atoms with E-state index in [0.717, 1.165) is 9.64 Å². The van der Waals surface area contributed by atoms with Crippen LogP contribution in [0.25, 0.3) is 5.69 Å². The van der Waals surface area contributed by atoms with Gasteiger partial charge in [0.15, 0.2) is 0 Å². The van der Waals surface area contributed by atoms with Crippen LogP contribution in [-0.4, -0.2) is 25.8 Å². The van der Waals surface area contributed by atoms with Crippen molar-refractivity contribution in [3.05, 3.63) is 49.8 Å². The fourth-order valence-electron chi connectivity index (χ4n) is 1.44. The molecule has 1 heterocycles. The number of carbonyl (C=O) groups is 1. The summed E-state index contributed by atoms with van der Waals surface area (Å²) in [6.07, 6.45) is 3.20. The summed E-state index contributed by atoms with van der Waals surface area (Å²) >= 11 is 2.03. The molecule has 0 aliphatic carbocycles. The normalized spacial score (nSPS) is 10.3. The van der Waals surface area contributed by atoms with Gasteiger partial charge < -0.3 is 5.11 Å². The van der Waals surface area contributed by atoms with Crippen molar-refractivity contribution < 1.29 is 14.8 Å². The molecule has 2 rings (SSSR count). The van der Waals surface area contributed by atoms with Gasteiger partial charge in [0.2, 0.25) is 0 Å². The number of aromatic carboxylic acids is 1. The van der Waals surface area contributed by atoms with Crippen molar-refractivity contribution in [3.8, 4) is 5.69 Å². The Balaban J connectivity index is 2.60. The van der Waals surface area contributed by atoms with Gasteiger partial charge in [-0.3, -0.25) is 10.1 Å². The lowest BCUT2D eigenvalue weighted by atomic mass is 10.1. The SMILES string of the molecule is O=C(O)c1cc([N+](=O)[O-])ccc1-n1cc(I)cn1. The average molecular weight is 359 g/mol. The van der Waals surface area contributed by atoms with Gasteiger partial charge in [-0.25, -0.2) is 9.48 Å². The quantitative estimate of drug-likeness (QED) is 0.514. The second-order valence-corrected chi connectivity index (χ2v) is 4.61. The molecule has 7 nitrogen and oxygen atoms in total. The number of hydrogen-bond donors (Lipinski definition) is 1. The second-order valence-electron chi connectivity index (χ2n) is 3.37. The van der Waals surface area contributed by atoms with Gasteiger partial charge in [0.05, 0.1) is 25.9 Å². The Bertz CT molecular complexity index is 638. The van der Waals surface area contributed by atoms with Gasteiger partial charge in [0, 0.05) is 18.3 Å². The zero-order valence-electron chi connectivity index (χ0n) is 8.78. The molecule has 0 spiro atoms. The molecule has 1 aromatic carbocycles. The number of nitrogens with zero attached hydrogens (tertiary/aromatic N) is 3. The lowest BCUT2D eigenvalue weighted by molar-refractivity contribution is -0.384. The zero-order valence-corrected chi connectivity index (χ0v) is 10.9. The first-order chi connectivity index (χ1) is 8.49. The third kappa shape index (κ3) is 2.32. The summed E-state index contributed by atoms with van der Waals surface area (Å²) in [6, 6.07) is 3.63. The van der Waals surface area contributed by atoms with Crippen molar-refractivity contribution in [2.45, 2.75) is 0 Å². The van der Waals surface area contributed by atoms with E-state index in [1.54, 1.807) is 12.4 Å². The van der Waals surface area contributed by atoms with Crippen molar-refractivity contribution in [2.24, 2.45) is 0 Å². The highest BCUT2D eigenvalue weighted by molar-refractivity contribution is 14.1. The summed E-state index contributed by atoms with van der Waals surface area (Å²) < 4.78 is 2.21. The monoisotopic (exact) mass is 359 g/mol. The Morgan fingerprint density at radius 1 is 1.50 bits per heavy atom. The van der Waals surface area contributed by atoms with E-state index < -0.39 is 10.9 Å². The minimum atomic E-state index is -1.24. The van der Waals surface area contributed by atoms with Gasteiger partial charge in [0.25, 0.3) is 5.69 Å². The lowest BCUT2D eigenvalue weighted by Gasteiger charge is -2.05. The Morgan fingerprint density at radius 3 is 2.72 bits per heavy atom. The Hall–Kier alpha value is -1.97. The fraction of sp³-hybridized carbons (Fsp3) is 0. The molecule has 0 atom stereocenters. The molecule has 8 heteroatoms. The van der Waals surface area contributed by atoms with Crippen LogP contribution in [0.2, 0.25) is 0 Å². The molecule has 0 saturated heterocycles. The Kier molecular flexibility index (Phi) is 3.28. The number of nitro groups is 1. The van der Waals surface area contributed by atoms with E-state index >= 15 is 0 Å². The predicted molar refractivity (Wildman–Crippen MR) is 69.9 cm³/mol. The summed E-state index contributed by atoms with van der Waals surface area (Å²) in [4.78, 5) is 21.1. The van der Waals surface area contributed by atoms with E-state index in [1.807, 2.05) is 22.6 Å². The first-order valence-corrected chi connectivity index (χ1v) is 5.79. The lowest BCUT2D eigenvalue weighted by Crippen LogP contribution is -2.06. The molecular weight excluding hydrogens is 353 g/mol. The molecule has 0 aliphatic rings. The molecule has 0 unspecified atom stereocenters. The van der Waals surface area contributed by atoms with E-state index in [0.29, 0.717) is 0 Å². The third-order valence-corrected chi connectivity index (χ3v) is 2.78. The van der Waals surface area contributed by atoms with Gasteiger partial charge in [-0.2, -0.15) is 5.10 Å². The minimum absolute atomic E-state index is 0.163. The van der Waals surface area contributed by atoms with Crippen LogP contribution in [0.5, 0.6) is 0 Å². The number of hydrogen-bond acceptors (Lipinski definition) is 4. The summed E-state index contributed by atoms with van der Waals surface area (Å²) in [5.41, 5.74) is -0.141. The van der Waals surface area contributed by atoms with E-state index in [9.17, 15) is 14.9 Å². The van der Waals surface area contributed by atoms with E-state index in [1.165, 1.54) is 16.8 Å². The number of non-ortho nitro benzene ring substituents is 1. The Labute approximate surface area is 114 Å². The molecule has 0 fully saturated rings. The van der Waals surface area contributed by atoms with Gasteiger partial charge in [-0.15, -0.1) is 0 Å². The molecule has 0 saturated carbocycles. The molecule has 18 heavy (non-hydrogen) atoms. The average Bonchev–Trinajstić information content (AvgIpc) is 2.74. The van der Waals surface area contributed by atoms with Gasteiger partial charge in [-0.05, 0) is 28.7 Å². The van der Waals surface area contributed by atoms with Gasteiger partial charge >= 0.3 is 5.97 Å². The second kappa shape index (κ2) is 4.72. The molecule has 0 radical (unpaired) electrons. The number of carboxylic acids is 1. The summed E-state index contributed by atoms with van der Waals surface area (Å²) in [5, 5.41) is 23.7. The van der Waals surface area contributed by atoms with Crippen LogP contribution in [0, 0.1) is 13.7 Å². The van der Waals surface area contributed by atoms with Gasteiger partial charge in [0.1, 0.15) is 0 Å². The number of benzene rings is 1. The number of rotatable bonds is 3. The fourth-order valence-corrected chi connectivity index (χ4v) is 1.83. The number of halogens is 1. The molecule has 2 aromatic rings. The maximum Gasteiger partial charge on any atom is 0.338 e. The van der Waals surface area contributed by atoms with E-state index in [-0.39, 0.29) is 16.9 Å². The van der Waals surface area contributed by atoms with Crippen molar-refractivity contribution in [3.63, 3.8) is 0 Å². The highest BCUT2D eigenvalue weighted by Gasteiger charge is 2.17. The van der Waals surface area contributed by atoms with Crippen molar-refractivity contribution in [1.82, 2.24) is 9.78 Å². The highest BCUT2D eigenvalue weighted by Crippen LogP contribution is 2.21. The predicted octanol–water partition coefficient (Wildman–Crippen LogP) is 2.08. The van der Waals surface area contributed by atoms with Crippen LogP contribution < -0.4 is 0 Å². The van der Waals surface area contributed by atoms with Crippen LogP contribution in [0.1, 0.15) is 10.4 Å². The molecule has 1 N–H and O–H groups in total. The third-order valence-electron chi connectivity index (χ3n) is 2.22. The molecule has 0 bridgehead atoms. The Morgan fingerprint density at radius 2 is 2.22 bits per heavy atom. The maximum atomic E-state index is 11.1. The summed E-state index contributed by atoms with van der Waals surface area (Å²) in [7, 11) is 0. The van der Waals surface area contributed by atoms with Crippen LogP contribution in [0.3, 0.4) is 0 Å². The summed E-state index contributed by atoms with van der Waals surface area (Å²) in [5.74, 6) is -1.24. The zero-order chi connectivity index (χ0) is 13.3. The largest absolute Gasteiger partial charge is 0.478 e. The van der Waals surface area contributed by atoms with Crippen LogP contribution >= 0.6 is 22.6 Å². The first kappa shape index (κ1) is 12.5. The minimum Gasteiger partial charge on any atom is -0.478 e. The van der Waals surface area contributed by atoms with Crippen LogP contribution in [-0.2, 0) is 0 Å². The molecule has 92 valence electrons. The number of aromatic nitrogens is 2. The van der Waals surface area contributed by atoms with E-state index in [2.05, 4.69) is 5.10 Å². The summed E-state index contributed by atoms with van der Waals surface area (Å²) in [6.45, 7) is 0. The molecule has 1 aromatic heterocycles. The smallest absolute Gasteiger partial charge is 0.338 e. The number of carboxylic acid groups (broad SMARTS) is 1. The number of nitro benzene ring substituents is 1. The maximum absolute atomic E-state index is 11.1. The van der Waals surface area contributed by atoms with Crippen LogP contribution in [0.15, 0.2) is 30.6 Å². The molecule has 0 aliphatic heterocycles. The molecular formula is C10H6IN3O4. The van der Waals surface area contributed by atoms with Crippen molar-refractivity contribution in [1.29, 1.82) is 0 Å². The van der Waals surface area contributed by atoms with Gasteiger partial charge in [-0.1, -0.05) is 0 Å². The topological polar surface area (TPSA) is 98.3 Å². The highest BCUT2D eigenvalue weighted by atomic mass is 127. The standard InChI is InChI=1S/C10H6IN3O4/c11-6-4-12-13(5-6)9-2-1-7(14(17)18)3-8(9)10(15)16/h1-5H,(H,15,16). The van der Waals surface area contributed by atoms with Crippen molar-refractivity contribution >= 4 is 34.2 Å². The van der Waals surface area contributed by atoms with Crippen molar-refractivity contribution in [2.75, 3.05) is 0 Å². The first-order valence-electron chi connectivity index (χ1n) is 4.71.